The number of benzene rings is 1. The molecule has 12 heavy (non-hydrogen) atoms. The van der Waals surface area contributed by atoms with Crippen LogP contribution in [0.1, 0.15) is 18.4 Å². The molecule has 1 fully saturated rings. The molecule has 1 nitrogen and oxygen atoms in total. The van der Waals surface area contributed by atoms with E-state index in [1.807, 2.05) is 18.2 Å². The molecule has 0 aromatic heterocycles. The predicted octanol–water partition coefficient (Wildman–Crippen LogP) is 2.76. The molecule has 0 atom stereocenters. The van der Waals surface area contributed by atoms with E-state index in [-0.39, 0.29) is 5.54 Å². The van der Waals surface area contributed by atoms with Crippen molar-refractivity contribution in [2.45, 2.75) is 18.4 Å². The van der Waals surface area contributed by atoms with Crippen molar-refractivity contribution < 1.29 is 0 Å². The van der Waals surface area contributed by atoms with Gasteiger partial charge in [0, 0.05) is 5.02 Å². The van der Waals surface area contributed by atoms with Gasteiger partial charge in [-0.1, -0.05) is 42.6 Å². The minimum absolute atomic E-state index is 0.0570. The third-order valence-electron chi connectivity index (χ3n) is 2.35. The van der Waals surface area contributed by atoms with Crippen molar-refractivity contribution in [3.05, 3.63) is 34.9 Å². The Morgan fingerprint density at radius 3 is 2.50 bits per heavy atom. The van der Waals surface area contributed by atoms with E-state index in [1.54, 1.807) is 0 Å². The zero-order valence-electron chi connectivity index (χ0n) is 6.55. The lowest BCUT2D eigenvalue weighted by Crippen LogP contribution is -2.20. The minimum atomic E-state index is 0.0570. The maximum Gasteiger partial charge on any atom is 0.0545 e. The molecule has 0 amide bonds. The predicted molar refractivity (Wildman–Crippen MR) is 54.5 cm³/mol. The summed E-state index contributed by atoms with van der Waals surface area (Å²) in [5, 5.41) is 0.830. The summed E-state index contributed by atoms with van der Waals surface area (Å²) < 4.78 is 3.02. The van der Waals surface area contributed by atoms with E-state index in [0.29, 0.717) is 0 Å². The fraction of sp³-hybridized carbons (Fsp3) is 0.333. The molecule has 0 spiro atoms. The summed E-state index contributed by atoms with van der Waals surface area (Å²) in [4.78, 5) is 0. The summed E-state index contributed by atoms with van der Waals surface area (Å²) in [6.45, 7) is 0. The van der Waals surface area contributed by atoms with E-state index in [4.69, 9.17) is 11.6 Å². The number of rotatable bonds is 2. The van der Waals surface area contributed by atoms with Gasteiger partial charge in [-0.25, -0.2) is 0 Å². The molecule has 0 saturated heterocycles. The topological polar surface area (TPSA) is 12.0 Å². The fourth-order valence-corrected chi connectivity index (χ4v) is 2.08. The van der Waals surface area contributed by atoms with E-state index in [9.17, 15) is 0 Å². The van der Waals surface area contributed by atoms with Crippen LogP contribution in [0.25, 0.3) is 0 Å². The number of halogens is 1. The Balaban J connectivity index is 2.40. The van der Waals surface area contributed by atoms with Gasteiger partial charge in [0.25, 0.3) is 0 Å². The van der Waals surface area contributed by atoms with E-state index in [1.165, 1.54) is 5.56 Å². The summed E-state index contributed by atoms with van der Waals surface area (Å²) in [5.74, 6) is 0. The van der Waals surface area contributed by atoms with Crippen molar-refractivity contribution in [3.8, 4) is 0 Å². The van der Waals surface area contributed by atoms with E-state index < -0.39 is 0 Å². The van der Waals surface area contributed by atoms with Gasteiger partial charge in [-0.05, 0) is 24.5 Å². The van der Waals surface area contributed by atoms with Crippen LogP contribution in [0.3, 0.4) is 0 Å². The molecule has 1 N–H and O–H groups in total. The van der Waals surface area contributed by atoms with Crippen LogP contribution in [0.15, 0.2) is 24.3 Å². The van der Waals surface area contributed by atoms with Gasteiger partial charge < -0.3 is 0 Å². The van der Waals surface area contributed by atoms with Gasteiger partial charge in [0.2, 0.25) is 0 Å². The Bertz CT molecular complexity index is 296. The van der Waals surface area contributed by atoms with E-state index in [2.05, 4.69) is 23.6 Å². The molecular weight excluding hydrogens is 190 g/mol. The van der Waals surface area contributed by atoms with Crippen molar-refractivity contribution in [1.29, 1.82) is 0 Å². The first-order valence-electron chi connectivity index (χ1n) is 3.95. The van der Waals surface area contributed by atoms with Gasteiger partial charge in [0.1, 0.15) is 0 Å². The Morgan fingerprint density at radius 2 is 2.00 bits per heavy atom. The normalized spacial score (nSPS) is 19.2. The van der Waals surface area contributed by atoms with Crippen molar-refractivity contribution in [2.24, 2.45) is 0 Å². The molecule has 1 aromatic rings. The monoisotopic (exact) mass is 199 g/mol. The summed E-state index contributed by atoms with van der Waals surface area (Å²) in [5.41, 5.74) is 1.23. The van der Waals surface area contributed by atoms with Gasteiger partial charge in [-0.3, -0.25) is 4.72 Å². The first-order chi connectivity index (χ1) is 5.78. The highest BCUT2D eigenvalue weighted by atomic mass is 35.5. The van der Waals surface area contributed by atoms with Crippen LogP contribution in [-0.2, 0) is 5.54 Å². The van der Waals surface area contributed by atoms with Gasteiger partial charge >= 0.3 is 0 Å². The standard InChI is InChI=1S/C9H10ClNS/c10-8-4-2-1-3-7(8)9(11-12)5-6-9/h1-4,11-12H,5-6H2. The molecule has 1 aliphatic rings. The maximum absolute atomic E-state index is 6.05. The molecule has 0 heterocycles. The first kappa shape index (κ1) is 8.42. The Labute approximate surface area is 82.7 Å². The second kappa shape index (κ2) is 2.95. The van der Waals surface area contributed by atoms with Crippen LogP contribution in [0.5, 0.6) is 0 Å². The summed E-state index contributed by atoms with van der Waals surface area (Å²) in [6, 6.07) is 7.92. The lowest BCUT2D eigenvalue weighted by Gasteiger charge is -2.14. The second-order valence-electron chi connectivity index (χ2n) is 3.17. The van der Waals surface area contributed by atoms with Crippen LogP contribution in [0.2, 0.25) is 5.02 Å². The first-order valence-corrected chi connectivity index (χ1v) is 4.77. The largest absolute Gasteiger partial charge is 0.256 e. The van der Waals surface area contributed by atoms with Gasteiger partial charge in [0.05, 0.1) is 5.54 Å². The van der Waals surface area contributed by atoms with Crippen molar-refractivity contribution in [3.63, 3.8) is 0 Å². The van der Waals surface area contributed by atoms with Gasteiger partial charge in [-0.2, -0.15) is 0 Å². The Morgan fingerprint density at radius 1 is 1.33 bits per heavy atom. The molecule has 0 aliphatic heterocycles. The molecule has 2 rings (SSSR count). The molecule has 1 aliphatic carbocycles. The lowest BCUT2D eigenvalue weighted by molar-refractivity contribution is 0.683. The molecule has 0 radical (unpaired) electrons. The number of thiol groups is 1. The molecule has 0 unspecified atom stereocenters. The number of nitrogens with one attached hydrogen (secondary N) is 1. The molecule has 1 aromatic carbocycles. The molecule has 64 valence electrons. The second-order valence-corrected chi connectivity index (χ2v) is 3.80. The third kappa shape index (κ3) is 1.24. The van der Waals surface area contributed by atoms with Crippen LogP contribution in [0, 0.1) is 0 Å². The number of hydrogen-bond acceptors (Lipinski definition) is 2. The molecule has 1 saturated carbocycles. The van der Waals surface area contributed by atoms with Crippen molar-refractivity contribution in [2.75, 3.05) is 0 Å². The van der Waals surface area contributed by atoms with Crippen LogP contribution in [-0.4, -0.2) is 0 Å². The lowest BCUT2D eigenvalue weighted by atomic mass is 10.1. The minimum Gasteiger partial charge on any atom is -0.256 e. The van der Waals surface area contributed by atoms with E-state index in [0.717, 1.165) is 17.9 Å². The van der Waals surface area contributed by atoms with E-state index >= 15 is 0 Å². The summed E-state index contributed by atoms with van der Waals surface area (Å²) in [7, 11) is 0. The van der Waals surface area contributed by atoms with Crippen LogP contribution in [0.4, 0.5) is 0 Å². The van der Waals surface area contributed by atoms with Crippen LogP contribution < -0.4 is 4.72 Å². The highest BCUT2D eigenvalue weighted by Crippen LogP contribution is 2.48. The third-order valence-corrected chi connectivity index (χ3v) is 3.11. The quantitative estimate of drug-likeness (QED) is 0.699. The van der Waals surface area contributed by atoms with Crippen molar-refractivity contribution in [1.82, 2.24) is 4.72 Å². The SMILES string of the molecule is SNC1(c2ccccc2Cl)CC1. The Hall–Kier alpha value is -0.180. The molecular formula is C9H10ClNS. The number of hydrogen-bond donors (Lipinski definition) is 2. The average Bonchev–Trinajstić information content (AvgIpc) is 2.86. The Kier molecular flexibility index (Phi) is 2.07. The zero-order valence-corrected chi connectivity index (χ0v) is 8.20. The summed E-state index contributed by atoms with van der Waals surface area (Å²) >= 11 is 10.2. The molecule has 0 bridgehead atoms. The summed E-state index contributed by atoms with van der Waals surface area (Å²) in [6.07, 6.45) is 2.25. The highest BCUT2D eigenvalue weighted by molar-refractivity contribution is 7.78. The van der Waals surface area contributed by atoms with Gasteiger partial charge in [0.15, 0.2) is 0 Å². The molecule has 3 heteroatoms. The maximum atomic E-state index is 6.05. The van der Waals surface area contributed by atoms with Gasteiger partial charge in [-0.15, -0.1) is 0 Å². The zero-order chi connectivity index (χ0) is 8.60. The smallest absolute Gasteiger partial charge is 0.0545 e. The van der Waals surface area contributed by atoms with Crippen molar-refractivity contribution >= 4 is 24.4 Å². The highest BCUT2D eigenvalue weighted by Gasteiger charge is 2.44. The average molecular weight is 200 g/mol. The van der Waals surface area contributed by atoms with Crippen LogP contribution >= 0.6 is 24.4 Å². The fourth-order valence-electron chi connectivity index (χ4n) is 1.42.